The molecule has 2 aliphatic heterocycles. The zero-order valence-electron chi connectivity index (χ0n) is 10.5. The van der Waals surface area contributed by atoms with Crippen LogP contribution in [0.4, 0.5) is 0 Å². The predicted octanol–water partition coefficient (Wildman–Crippen LogP) is 0.450. The van der Waals surface area contributed by atoms with Crippen molar-refractivity contribution in [3.8, 4) is 0 Å². The summed E-state index contributed by atoms with van der Waals surface area (Å²) in [7, 11) is 0. The topological polar surface area (TPSA) is 69.6 Å². The third-order valence-corrected chi connectivity index (χ3v) is 4.83. The number of carbonyl (C=O) groups excluding carboxylic acids is 1. The summed E-state index contributed by atoms with van der Waals surface area (Å²) in [6.07, 6.45) is 4.94. The lowest BCUT2D eigenvalue weighted by atomic mass is 9.93. The Labute approximate surface area is 107 Å². The molecule has 1 aliphatic carbocycles. The first-order valence-electron chi connectivity index (χ1n) is 6.95. The molecular formula is C13H20N2O3. The van der Waals surface area contributed by atoms with E-state index in [0.717, 1.165) is 19.4 Å². The fraction of sp³-hybridized carbons (Fsp3) is 0.846. The number of likely N-dealkylation sites (tertiary alicyclic amines) is 1. The third kappa shape index (κ3) is 1.81. The molecular weight excluding hydrogens is 232 g/mol. The van der Waals surface area contributed by atoms with Gasteiger partial charge in [-0.2, -0.15) is 0 Å². The van der Waals surface area contributed by atoms with E-state index in [1.165, 1.54) is 12.8 Å². The maximum atomic E-state index is 12.5. The van der Waals surface area contributed by atoms with Crippen LogP contribution in [0.15, 0.2) is 0 Å². The number of hydrogen-bond acceptors (Lipinski definition) is 3. The van der Waals surface area contributed by atoms with Crippen molar-refractivity contribution in [3.05, 3.63) is 0 Å². The lowest BCUT2D eigenvalue weighted by Gasteiger charge is -2.27. The Morgan fingerprint density at radius 2 is 2.00 bits per heavy atom. The highest BCUT2D eigenvalue weighted by molar-refractivity contribution is 5.88. The molecule has 3 aliphatic rings. The molecule has 1 saturated carbocycles. The van der Waals surface area contributed by atoms with Crippen molar-refractivity contribution in [2.24, 2.45) is 11.8 Å². The van der Waals surface area contributed by atoms with Gasteiger partial charge in [-0.05, 0) is 44.1 Å². The van der Waals surface area contributed by atoms with E-state index in [1.54, 1.807) is 4.90 Å². The number of carboxylic acids is 1. The van der Waals surface area contributed by atoms with Gasteiger partial charge < -0.3 is 15.3 Å². The molecule has 0 aromatic carbocycles. The Kier molecular flexibility index (Phi) is 3.01. The van der Waals surface area contributed by atoms with Gasteiger partial charge >= 0.3 is 5.97 Å². The number of amides is 1. The molecule has 0 aromatic rings. The normalized spacial score (nSPS) is 39.0. The number of nitrogens with zero attached hydrogens (tertiary/aromatic N) is 1. The number of nitrogens with one attached hydrogen (secondary N) is 1. The summed E-state index contributed by atoms with van der Waals surface area (Å²) in [5.41, 5.74) is 0. The van der Waals surface area contributed by atoms with Crippen molar-refractivity contribution in [2.45, 2.75) is 44.2 Å². The Morgan fingerprint density at radius 3 is 2.78 bits per heavy atom. The van der Waals surface area contributed by atoms with Crippen LogP contribution in [0.2, 0.25) is 0 Å². The number of fused-ring (bicyclic) bond motifs is 1. The average molecular weight is 252 g/mol. The van der Waals surface area contributed by atoms with Gasteiger partial charge in [0.2, 0.25) is 5.91 Å². The maximum Gasteiger partial charge on any atom is 0.326 e. The van der Waals surface area contributed by atoms with E-state index in [9.17, 15) is 9.59 Å². The van der Waals surface area contributed by atoms with Crippen LogP contribution < -0.4 is 5.32 Å². The van der Waals surface area contributed by atoms with Crippen LogP contribution in [-0.2, 0) is 9.59 Å². The van der Waals surface area contributed by atoms with E-state index >= 15 is 0 Å². The second-order valence-corrected chi connectivity index (χ2v) is 5.77. The summed E-state index contributed by atoms with van der Waals surface area (Å²) in [5.74, 6) is 0.230. The molecule has 0 aromatic heterocycles. The first-order chi connectivity index (χ1) is 8.68. The summed E-state index contributed by atoms with van der Waals surface area (Å²) < 4.78 is 0. The molecule has 4 unspecified atom stereocenters. The van der Waals surface area contributed by atoms with Crippen LogP contribution in [0.1, 0.15) is 32.1 Å². The lowest BCUT2D eigenvalue weighted by Crippen LogP contribution is -2.50. The van der Waals surface area contributed by atoms with Crippen LogP contribution in [0, 0.1) is 11.8 Å². The van der Waals surface area contributed by atoms with Crippen LogP contribution in [0.3, 0.4) is 0 Å². The third-order valence-electron chi connectivity index (χ3n) is 4.83. The zero-order chi connectivity index (χ0) is 12.7. The smallest absolute Gasteiger partial charge is 0.326 e. The van der Waals surface area contributed by atoms with E-state index in [-0.39, 0.29) is 11.9 Å². The van der Waals surface area contributed by atoms with Gasteiger partial charge in [0.1, 0.15) is 6.04 Å². The minimum absolute atomic E-state index is 0.0225. The van der Waals surface area contributed by atoms with Gasteiger partial charge in [-0.1, -0.05) is 6.42 Å². The molecule has 2 heterocycles. The highest BCUT2D eigenvalue weighted by Crippen LogP contribution is 2.38. The molecule has 2 saturated heterocycles. The molecule has 4 atom stereocenters. The highest BCUT2D eigenvalue weighted by Gasteiger charge is 2.46. The summed E-state index contributed by atoms with van der Waals surface area (Å²) in [6.45, 7) is 1.53. The molecule has 5 heteroatoms. The SMILES string of the molecule is O=C(O)C1CCCN1C(=O)C1NCC2CCCC21. The van der Waals surface area contributed by atoms with Crippen molar-refractivity contribution < 1.29 is 14.7 Å². The first-order valence-corrected chi connectivity index (χ1v) is 6.95. The number of hydrogen-bond donors (Lipinski definition) is 2. The first kappa shape index (κ1) is 12.0. The standard InChI is InChI=1S/C13H20N2O3/c16-12(15-6-2-5-10(15)13(17)18)11-9-4-1-3-8(9)7-14-11/h8-11,14H,1-7H2,(H,17,18). The van der Waals surface area contributed by atoms with Crippen molar-refractivity contribution in [1.82, 2.24) is 10.2 Å². The second-order valence-electron chi connectivity index (χ2n) is 5.77. The van der Waals surface area contributed by atoms with Crippen LogP contribution >= 0.6 is 0 Å². The molecule has 2 N–H and O–H groups in total. The summed E-state index contributed by atoms with van der Waals surface area (Å²) in [6, 6.07) is -0.725. The van der Waals surface area contributed by atoms with Crippen LogP contribution in [0.5, 0.6) is 0 Å². The van der Waals surface area contributed by atoms with Gasteiger partial charge in [0.05, 0.1) is 6.04 Å². The summed E-state index contributed by atoms with van der Waals surface area (Å²) in [5, 5.41) is 12.5. The second kappa shape index (κ2) is 4.53. The van der Waals surface area contributed by atoms with E-state index in [4.69, 9.17) is 5.11 Å². The molecule has 18 heavy (non-hydrogen) atoms. The lowest BCUT2D eigenvalue weighted by molar-refractivity contribution is -0.149. The Morgan fingerprint density at radius 1 is 1.17 bits per heavy atom. The van der Waals surface area contributed by atoms with Gasteiger partial charge in [0.15, 0.2) is 0 Å². The zero-order valence-corrected chi connectivity index (χ0v) is 10.5. The maximum absolute atomic E-state index is 12.5. The average Bonchev–Trinajstić information content (AvgIpc) is 3.03. The van der Waals surface area contributed by atoms with Crippen LogP contribution in [-0.4, -0.2) is 47.1 Å². The van der Waals surface area contributed by atoms with Gasteiger partial charge in [0.25, 0.3) is 0 Å². The molecule has 0 radical (unpaired) electrons. The van der Waals surface area contributed by atoms with Gasteiger partial charge in [0, 0.05) is 6.54 Å². The summed E-state index contributed by atoms with van der Waals surface area (Å²) in [4.78, 5) is 25.2. The van der Waals surface area contributed by atoms with Gasteiger partial charge in [-0.25, -0.2) is 4.79 Å². The molecule has 0 bridgehead atoms. The van der Waals surface area contributed by atoms with Crippen molar-refractivity contribution in [3.63, 3.8) is 0 Å². The van der Waals surface area contributed by atoms with Crippen molar-refractivity contribution >= 4 is 11.9 Å². The predicted molar refractivity (Wildman–Crippen MR) is 65.0 cm³/mol. The van der Waals surface area contributed by atoms with E-state index in [0.29, 0.717) is 24.8 Å². The quantitative estimate of drug-likeness (QED) is 0.748. The monoisotopic (exact) mass is 252 g/mol. The molecule has 1 amide bonds. The number of aliphatic carboxylic acids is 1. The molecule has 3 rings (SSSR count). The van der Waals surface area contributed by atoms with Crippen LogP contribution in [0.25, 0.3) is 0 Å². The molecule has 5 nitrogen and oxygen atoms in total. The van der Waals surface area contributed by atoms with Crippen molar-refractivity contribution in [2.75, 3.05) is 13.1 Å². The number of rotatable bonds is 2. The van der Waals surface area contributed by atoms with Gasteiger partial charge in [-0.15, -0.1) is 0 Å². The van der Waals surface area contributed by atoms with Crippen molar-refractivity contribution in [1.29, 1.82) is 0 Å². The minimum atomic E-state index is -0.859. The van der Waals surface area contributed by atoms with Gasteiger partial charge in [-0.3, -0.25) is 4.79 Å². The Balaban J connectivity index is 1.72. The number of carbonyl (C=O) groups is 2. The van der Waals surface area contributed by atoms with E-state index in [2.05, 4.69) is 5.32 Å². The number of carboxylic acid groups (broad SMARTS) is 1. The Hall–Kier alpha value is -1.10. The highest BCUT2D eigenvalue weighted by atomic mass is 16.4. The fourth-order valence-electron chi connectivity index (χ4n) is 3.92. The molecule has 3 fully saturated rings. The largest absolute Gasteiger partial charge is 0.480 e. The van der Waals surface area contributed by atoms with E-state index < -0.39 is 12.0 Å². The molecule has 100 valence electrons. The minimum Gasteiger partial charge on any atom is -0.480 e. The Bertz CT molecular complexity index is 371. The fourth-order valence-corrected chi connectivity index (χ4v) is 3.92. The van der Waals surface area contributed by atoms with E-state index in [1.807, 2.05) is 0 Å². The summed E-state index contributed by atoms with van der Waals surface area (Å²) >= 11 is 0. The molecule has 0 spiro atoms.